The Hall–Kier alpha value is -2.47. The van der Waals surface area contributed by atoms with Gasteiger partial charge in [0.15, 0.2) is 0 Å². The average Bonchev–Trinajstić information content (AvgIpc) is 3.13. The number of fused-ring (bicyclic) bond motifs is 4. The van der Waals surface area contributed by atoms with Crippen LogP contribution in [0.3, 0.4) is 0 Å². The summed E-state index contributed by atoms with van der Waals surface area (Å²) in [6.07, 6.45) is 6.31. The second kappa shape index (κ2) is 5.81. The lowest BCUT2D eigenvalue weighted by molar-refractivity contribution is 0.0457. The van der Waals surface area contributed by atoms with Crippen LogP contribution >= 0.6 is 0 Å². The van der Waals surface area contributed by atoms with Crippen molar-refractivity contribution in [2.75, 3.05) is 18.4 Å². The van der Waals surface area contributed by atoms with E-state index < -0.39 is 0 Å². The van der Waals surface area contributed by atoms with Gasteiger partial charge in [-0.1, -0.05) is 0 Å². The number of H-pyrrole nitrogens is 1. The highest BCUT2D eigenvalue weighted by Crippen LogP contribution is 2.33. The number of aromatic amines is 1. The molecule has 128 valence electrons. The largest absolute Gasteiger partial charge is 0.364 e. The Morgan fingerprint density at radius 2 is 2.04 bits per heavy atom. The number of rotatable bonds is 3. The first-order valence-corrected chi connectivity index (χ1v) is 9.06. The van der Waals surface area contributed by atoms with Gasteiger partial charge in [-0.25, -0.2) is 4.98 Å². The number of hydrogen-bond donors (Lipinski definition) is 2. The lowest BCUT2D eigenvalue weighted by atomic mass is 9.79. The molecule has 6 nitrogen and oxygen atoms in total. The van der Waals surface area contributed by atoms with Gasteiger partial charge >= 0.3 is 0 Å². The lowest BCUT2D eigenvalue weighted by Gasteiger charge is -2.50. The van der Waals surface area contributed by atoms with Crippen molar-refractivity contribution in [2.24, 2.45) is 5.92 Å². The minimum absolute atomic E-state index is 0.473. The maximum Gasteiger partial charge on any atom is 0.148 e. The first kappa shape index (κ1) is 14.8. The molecule has 6 heteroatoms. The second-order valence-corrected chi connectivity index (χ2v) is 7.23. The Bertz CT molecular complexity index is 876. The fraction of sp³-hybridized carbons (Fsp3) is 0.421. The van der Waals surface area contributed by atoms with Gasteiger partial charge in [0.1, 0.15) is 11.5 Å². The highest BCUT2D eigenvalue weighted by molar-refractivity contribution is 5.80. The fourth-order valence-electron chi connectivity index (χ4n) is 4.36. The molecule has 6 heterocycles. The summed E-state index contributed by atoms with van der Waals surface area (Å²) in [5.74, 6) is 1.62. The van der Waals surface area contributed by atoms with E-state index in [0.717, 1.165) is 34.0 Å². The number of pyridine rings is 1. The van der Waals surface area contributed by atoms with Crippen LogP contribution in [0.5, 0.6) is 0 Å². The van der Waals surface area contributed by atoms with E-state index in [4.69, 9.17) is 0 Å². The van der Waals surface area contributed by atoms with Crippen molar-refractivity contribution >= 4 is 16.9 Å². The third kappa shape index (κ3) is 2.57. The monoisotopic (exact) mass is 334 g/mol. The van der Waals surface area contributed by atoms with Gasteiger partial charge in [-0.2, -0.15) is 0 Å². The Morgan fingerprint density at radius 1 is 1.16 bits per heavy atom. The van der Waals surface area contributed by atoms with Crippen LogP contribution in [0.2, 0.25) is 0 Å². The molecule has 0 spiro atoms. The van der Waals surface area contributed by atoms with Crippen LogP contribution in [0.4, 0.5) is 5.82 Å². The summed E-state index contributed by atoms with van der Waals surface area (Å²) in [6.45, 7) is 4.80. The van der Waals surface area contributed by atoms with E-state index in [1.807, 2.05) is 30.6 Å². The van der Waals surface area contributed by atoms with Gasteiger partial charge in [-0.05, 0) is 63.0 Å². The summed E-state index contributed by atoms with van der Waals surface area (Å²) in [4.78, 5) is 10.1. The molecule has 0 unspecified atom stereocenters. The number of piperidine rings is 3. The molecule has 3 aromatic rings. The predicted molar refractivity (Wildman–Crippen MR) is 98.3 cm³/mol. The molecule has 0 radical (unpaired) electrons. The van der Waals surface area contributed by atoms with Crippen LogP contribution in [0.25, 0.3) is 22.3 Å². The Balaban J connectivity index is 1.36. The molecular weight excluding hydrogens is 312 g/mol. The molecule has 2 bridgehead atoms. The third-order valence-electron chi connectivity index (χ3n) is 5.85. The van der Waals surface area contributed by atoms with E-state index in [1.165, 1.54) is 25.9 Å². The zero-order valence-electron chi connectivity index (χ0n) is 14.3. The molecular formula is C19H22N6. The van der Waals surface area contributed by atoms with Gasteiger partial charge in [0.25, 0.3) is 0 Å². The molecule has 0 amide bonds. The molecule has 3 aromatic heterocycles. The van der Waals surface area contributed by atoms with Gasteiger partial charge < -0.3 is 10.3 Å². The SMILES string of the molecule is C[C@@H]1[C@@H](Nc2ccc(-c3cnc4[nH]ccc4c3)nn2)C2CCN1CC2. The van der Waals surface area contributed by atoms with Gasteiger partial charge in [-0.3, -0.25) is 4.90 Å². The van der Waals surface area contributed by atoms with E-state index in [0.29, 0.717) is 12.1 Å². The van der Waals surface area contributed by atoms with Crippen molar-refractivity contribution in [1.82, 2.24) is 25.1 Å². The number of aromatic nitrogens is 4. The highest BCUT2D eigenvalue weighted by Gasteiger charge is 2.39. The van der Waals surface area contributed by atoms with Crippen LogP contribution in [-0.4, -0.2) is 50.2 Å². The van der Waals surface area contributed by atoms with Crippen molar-refractivity contribution < 1.29 is 0 Å². The van der Waals surface area contributed by atoms with Crippen molar-refractivity contribution in [1.29, 1.82) is 0 Å². The van der Waals surface area contributed by atoms with Gasteiger partial charge in [0.05, 0.1) is 5.69 Å². The molecule has 0 aliphatic carbocycles. The quantitative estimate of drug-likeness (QED) is 0.771. The maximum absolute atomic E-state index is 4.42. The molecule has 2 atom stereocenters. The summed E-state index contributed by atoms with van der Waals surface area (Å²) in [6, 6.07) is 9.20. The van der Waals surface area contributed by atoms with Crippen molar-refractivity contribution in [2.45, 2.75) is 31.8 Å². The van der Waals surface area contributed by atoms with Crippen molar-refractivity contribution in [3.05, 3.63) is 36.7 Å². The lowest BCUT2D eigenvalue weighted by Crippen LogP contribution is -2.59. The third-order valence-corrected chi connectivity index (χ3v) is 5.85. The smallest absolute Gasteiger partial charge is 0.148 e. The summed E-state index contributed by atoms with van der Waals surface area (Å²) in [5, 5.41) is 13.6. The molecule has 6 rings (SSSR count). The van der Waals surface area contributed by atoms with Crippen LogP contribution < -0.4 is 5.32 Å². The van der Waals surface area contributed by atoms with E-state index >= 15 is 0 Å². The molecule has 3 aliphatic rings. The Kier molecular flexibility index (Phi) is 3.45. The molecule has 0 aromatic carbocycles. The van der Waals surface area contributed by atoms with Crippen LogP contribution in [-0.2, 0) is 0 Å². The zero-order valence-corrected chi connectivity index (χ0v) is 14.3. The highest BCUT2D eigenvalue weighted by atomic mass is 15.2. The summed E-state index contributed by atoms with van der Waals surface area (Å²) in [7, 11) is 0. The minimum atomic E-state index is 0.473. The minimum Gasteiger partial charge on any atom is -0.364 e. The van der Waals surface area contributed by atoms with Crippen LogP contribution in [0.1, 0.15) is 19.8 Å². The number of anilines is 1. The Morgan fingerprint density at radius 3 is 2.80 bits per heavy atom. The molecule has 3 saturated heterocycles. The van der Waals surface area contributed by atoms with Crippen molar-refractivity contribution in [3.63, 3.8) is 0 Å². The molecule has 3 aliphatic heterocycles. The molecule has 25 heavy (non-hydrogen) atoms. The summed E-state index contributed by atoms with van der Waals surface area (Å²) in [5.41, 5.74) is 2.73. The standard InChI is InChI=1S/C19H22N6/c1-12-18(13-5-8-25(12)9-6-13)22-17-3-2-16(23-24-17)15-10-14-4-7-20-19(14)21-11-15/h2-4,7,10-13,18H,5-6,8-9H2,1H3,(H,20,21)(H,22,24)/t12-,18-/m1/s1. The van der Waals surface area contributed by atoms with Gasteiger partial charge in [0, 0.05) is 35.4 Å². The van der Waals surface area contributed by atoms with Crippen LogP contribution in [0, 0.1) is 5.92 Å². The van der Waals surface area contributed by atoms with E-state index in [1.54, 1.807) is 0 Å². The van der Waals surface area contributed by atoms with E-state index in [-0.39, 0.29) is 0 Å². The number of hydrogen-bond acceptors (Lipinski definition) is 5. The normalized spacial score (nSPS) is 28.4. The fourth-order valence-corrected chi connectivity index (χ4v) is 4.36. The zero-order chi connectivity index (χ0) is 16.8. The molecule has 2 N–H and O–H groups in total. The van der Waals surface area contributed by atoms with Crippen LogP contribution in [0.15, 0.2) is 36.7 Å². The Labute approximate surface area is 146 Å². The number of nitrogens with zero attached hydrogens (tertiary/aromatic N) is 4. The van der Waals surface area contributed by atoms with Gasteiger partial charge in [-0.15, -0.1) is 10.2 Å². The van der Waals surface area contributed by atoms with Crippen molar-refractivity contribution in [3.8, 4) is 11.3 Å². The predicted octanol–water partition coefficient (Wildman–Crippen LogP) is 2.91. The average molecular weight is 334 g/mol. The van der Waals surface area contributed by atoms with E-state index in [9.17, 15) is 0 Å². The molecule has 0 saturated carbocycles. The summed E-state index contributed by atoms with van der Waals surface area (Å²) >= 11 is 0. The topological polar surface area (TPSA) is 69.7 Å². The maximum atomic E-state index is 4.42. The van der Waals surface area contributed by atoms with Gasteiger partial charge in [0.2, 0.25) is 0 Å². The van der Waals surface area contributed by atoms with E-state index in [2.05, 4.69) is 43.4 Å². The second-order valence-electron chi connectivity index (χ2n) is 7.23. The first-order valence-electron chi connectivity index (χ1n) is 9.06. The number of nitrogens with one attached hydrogen (secondary N) is 2. The molecule has 3 fully saturated rings. The summed E-state index contributed by atoms with van der Waals surface area (Å²) < 4.78 is 0. The first-order chi connectivity index (χ1) is 12.3.